The maximum absolute atomic E-state index is 12.7. The highest BCUT2D eigenvalue weighted by Gasteiger charge is 2.12. The molecule has 0 spiro atoms. The molecule has 0 bridgehead atoms. The van der Waals surface area contributed by atoms with Crippen molar-refractivity contribution >= 4 is 5.91 Å². The summed E-state index contributed by atoms with van der Waals surface area (Å²) < 4.78 is 12.7. The largest absolute Gasteiger partial charge is 0.334 e. The van der Waals surface area contributed by atoms with Crippen molar-refractivity contribution in [3.8, 4) is 0 Å². The van der Waals surface area contributed by atoms with Crippen LogP contribution in [-0.2, 0) is 6.54 Å². The van der Waals surface area contributed by atoms with Gasteiger partial charge in [0.1, 0.15) is 18.0 Å². The van der Waals surface area contributed by atoms with Crippen molar-refractivity contribution in [2.24, 2.45) is 0 Å². The van der Waals surface area contributed by atoms with Crippen LogP contribution in [0.15, 0.2) is 30.6 Å². The number of nitrogens with zero attached hydrogens (tertiary/aromatic N) is 3. The maximum atomic E-state index is 12.7. The molecule has 5 nitrogen and oxygen atoms in total. The number of halogens is 1. The van der Waals surface area contributed by atoms with Crippen LogP contribution in [0.25, 0.3) is 0 Å². The Morgan fingerprint density at radius 1 is 1.41 bits per heavy atom. The average molecular weight is 234 g/mol. The molecule has 1 amide bonds. The number of carbonyl (C=O) groups excluding carboxylic acids is 1. The van der Waals surface area contributed by atoms with E-state index >= 15 is 0 Å². The van der Waals surface area contributed by atoms with E-state index in [-0.39, 0.29) is 11.7 Å². The number of aromatic amines is 1. The Morgan fingerprint density at radius 2 is 2.12 bits per heavy atom. The van der Waals surface area contributed by atoms with Crippen molar-refractivity contribution in [2.45, 2.75) is 6.54 Å². The minimum absolute atomic E-state index is 0.193. The summed E-state index contributed by atoms with van der Waals surface area (Å²) in [6.07, 6.45) is 1.38. The summed E-state index contributed by atoms with van der Waals surface area (Å²) >= 11 is 0. The minimum Gasteiger partial charge on any atom is -0.334 e. The molecule has 0 aliphatic heterocycles. The summed E-state index contributed by atoms with van der Waals surface area (Å²) in [5.41, 5.74) is 0.438. The number of benzene rings is 1. The normalized spacial score (nSPS) is 10.2. The Labute approximate surface area is 97.3 Å². The smallest absolute Gasteiger partial charge is 0.254 e. The van der Waals surface area contributed by atoms with Crippen LogP contribution in [0.2, 0.25) is 0 Å². The number of H-pyrrole nitrogens is 1. The highest BCUT2D eigenvalue weighted by Crippen LogP contribution is 2.07. The lowest BCUT2D eigenvalue weighted by Crippen LogP contribution is -2.26. The van der Waals surface area contributed by atoms with Gasteiger partial charge in [0.15, 0.2) is 0 Å². The predicted octanol–water partition coefficient (Wildman–Crippen LogP) is 1.22. The fraction of sp³-hybridized carbons (Fsp3) is 0.182. The standard InChI is InChI=1S/C11H11FN4O/c1-16(6-10-13-7-14-15-10)11(17)8-2-4-9(12)5-3-8/h2-5,7H,6H2,1H3,(H,13,14,15). The zero-order valence-corrected chi connectivity index (χ0v) is 9.22. The summed E-state index contributed by atoms with van der Waals surface area (Å²) in [7, 11) is 1.65. The molecule has 1 aromatic heterocycles. The van der Waals surface area contributed by atoms with Crippen LogP contribution in [0.5, 0.6) is 0 Å². The monoisotopic (exact) mass is 234 g/mol. The van der Waals surface area contributed by atoms with Crippen LogP contribution in [0.4, 0.5) is 4.39 Å². The molecule has 0 radical (unpaired) electrons. The molecule has 2 aromatic rings. The molecule has 6 heteroatoms. The van der Waals surface area contributed by atoms with Crippen molar-refractivity contribution in [3.05, 3.63) is 47.8 Å². The van der Waals surface area contributed by atoms with Gasteiger partial charge in [-0.1, -0.05) is 0 Å². The van der Waals surface area contributed by atoms with E-state index in [0.29, 0.717) is 17.9 Å². The highest BCUT2D eigenvalue weighted by molar-refractivity contribution is 5.93. The Hall–Kier alpha value is -2.24. The van der Waals surface area contributed by atoms with Crippen molar-refractivity contribution in [1.82, 2.24) is 20.1 Å². The van der Waals surface area contributed by atoms with E-state index < -0.39 is 0 Å². The Morgan fingerprint density at radius 3 is 2.71 bits per heavy atom. The quantitative estimate of drug-likeness (QED) is 0.868. The lowest BCUT2D eigenvalue weighted by Gasteiger charge is -2.15. The lowest BCUT2D eigenvalue weighted by molar-refractivity contribution is 0.0781. The summed E-state index contributed by atoms with van der Waals surface area (Å²) in [4.78, 5) is 17.3. The van der Waals surface area contributed by atoms with E-state index in [4.69, 9.17) is 0 Å². The number of amides is 1. The van der Waals surface area contributed by atoms with Crippen molar-refractivity contribution in [3.63, 3.8) is 0 Å². The topological polar surface area (TPSA) is 61.9 Å². The number of hydrogen-bond acceptors (Lipinski definition) is 3. The van der Waals surface area contributed by atoms with Gasteiger partial charge in [0.05, 0.1) is 6.54 Å². The zero-order chi connectivity index (χ0) is 12.3. The number of aromatic nitrogens is 3. The van der Waals surface area contributed by atoms with Crippen molar-refractivity contribution in [2.75, 3.05) is 7.05 Å². The molecule has 0 unspecified atom stereocenters. The third kappa shape index (κ3) is 2.66. The molecule has 0 aliphatic rings. The van der Waals surface area contributed by atoms with Crippen LogP contribution < -0.4 is 0 Å². The second-order valence-electron chi connectivity index (χ2n) is 3.60. The van der Waals surface area contributed by atoms with Gasteiger partial charge in [-0.05, 0) is 24.3 Å². The fourth-order valence-corrected chi connectivity index (χ4v) is 1.42. The van der Waals surface area contributed by atoms with Crippen LogP contribution in [0.3, 0.4) is 0 Å². The molecular weight excluding hydrogens is 223 g/mol. The van der Waals surface area contributed by atoms with E-state index in [9.17, 15) is 9.18 Å². The van der Waals surface area contributed by atoms with Gasteiger partial charge in [-0.25, -0.2) is 9.37 Å². The Balaban J connectivity index is 2.07. The van der Waals surface area contributed by atoms with Crippen LogP contribution in [0, 0.1) is 5.82 Å². The van der Waals surface area contributed by atoms with E-state index in [2.05, 4.69) is 15.2 Å². The summed E-state index contributed by atoms with van der Waals surface area (Å²) in [6, 6.07) is 5.42. The average Bonchev–Trinajstić information content (AvgIpc) is 2.82. The molecule has 0 saturated heterocycles. The van der Waals surface area contributed by atoms with E-state index in [1.54, 1.807) is 7.05 Å². The predicted molar refractivity (Wildman–Crippen MR) is 58.6 cm³/mol. The highest BCUT2D eigenvalue weighted by atomic mass is 19.1. The second kappa shape index (κ2) is 4.73. The SMILES string of the molecule is CN(Cc1ncn[nH]1)C(=O)c1ccc(F)cc1. The van der Waals surface area contributed by atoms with Crippen LogP contribution in [-0.4, -0.2) is 33.0 Å². The van der Waals surface area contributed by atoms with Crippen LogP contribution in [0.1, 0.15) is 16.2 Å². The molecule has 2 rings (SSSR count). The van der Waals surface area contributed by atoms with Gasteiger partial charge in [-0.15, -0.1) is 0 Å². The van der Waals surface area contributed by atoms with Crippen molar-refractivity contribution in [1.29, 1.82) is 0 Å². The summed E-state index contributed by atoms with van der Waals surface area (Å²) in [5.74, 6) is 0.0452. The van der Waals surface area contributed by atoms with E-state index in [1.807, 2.05) is 0 Å². The molecular formula is C11H11FN4O. The summed E-state index contributed by atoms with van der Waals surface area (Å²) in [6.45, 7) is 0.330. The van der Waals surface area contributed by atoms with Gasteiger partial charge in [0.2, 0.25) is 0 Å². The lowest BCUT2D eigenvalue weighted by atomic mass is 10.2. The number of carbonyl (C=O) groups is 1. The minimum atomic E-state index is -0.362. The molecule has 0 atom stereocenters. The van der Waals surface area contributed by atoms with Crippen molar-refractivity contribution < 1.29 is 9.18 Å². The molecule has 0 saturated carbocycles. The van der Waals surface area contributed by atoms with Gasteiger partial charge < -0.3 is 4.90 Å². The molecule has 0 fully saturated rings. The molecule has 1 aromatic carbocycles. The molecule has 1 N–H and O–H groups in total. The van der Waals surface area contributed by atoms with Gasteiger partial charge in [0, 0.05) is 12.6 Å². The van der Waals surface area contributed by atoms with Crippen LogP contribution >= 0.6 is 0 Å². The number of nitrogens with one attached hydrogen (secondary N) is 1. The maximum Gasteiger partial charge on any atom is 0.254 e. The first-order chi connectivity index (χ1) is 8.16. The molecule has 17 heavy (non-hydrogen) atoms. The zero-order valence-electron chi connectivity index (χ0n) is 9.22. The first-order valence-electron chi connectivity index (χ1n) is 5.02. The first kappa shape index (κ1) is 11.3. The van der Waals surface area contributed by atoms with Gasteiger partial charge in [-0.2, -0.15) is 5.10 Å². The third-order valence-electron chi connectivity index (χ3n) is 2.29. The Bertz CT molecular complexity index is 495. The van der Waals surface area contributed by atoms with Gasteiger partial charge in [0.25, 0.3) is 5.91 Å². The summed E-state index contributed by atoms with van der Waals surface area (Å²) in [5, 5.41) is 6.36. The van der Waals surface area contributed by atoms with E-state index in [1.165, 1.54) is 35.5 Å². The molecule has 88 valence electrons. The van der Waals surface area contributed by atoms with Gasteiger partial charge in [-0.3, -0.25) is 9.89 Å². The van der Waals surface area contributed by atoms with E-state index in [0.717, 1.165) is 0 Å². The molecule has 1 heterocycles. The fourth-order valence-electron chi connectivity index (χ4n) is 1.42. The number of rotatable bonds is 3. The number of hydrogen-bond donors (Lipinski definition) is 1. The first-order valence-corrected chi connectivity index (χ1v) is 5.02. The Kier molecular flexibility index (Phi) is 3.13. The van der Waals surface area contributed by atoms with Gasteiger partial charge >= 0.3 is 0 Å². The molecule has 0 aliphatic carbocycles. The third-order valence-corrected chi connectivity index (χ3v) is 2.29. The second-order valence-corrected chi connectivity index (χ2v) is 3.60.